The van der Waals surface area contributed by atoms with Gasteiger partial charge in [-0.15, -0.1) is 0 Å². The quantitative estimate of drug-likeness (QED) is 0.456. The first kappa shape index (κ1) is 12.1. The van der Waals surface area contributed by atoms with E-state index in [0.29, 0.717) is 13.3 Å². The third-order valence-corrected chi connectivity index (χ3v) is 5.09. The number of rotatable bonds is 8. The molecule has 84 valence electrons. The van der Waals surface area contributed by atoms with Crippen molar-refractivity contribution in [2.45, 2.75) is 12.5 Å². The fraction of sp³-hybridized carbons (Fsp3) is 1.00. The zero-order valence-electron chi connectivity index (χ0n) is 8.99. The standard InChI is InChI=1S/C8H20N2O3Si/c1-11-14(12-2,7-3-4-9)13-8-10-5-6-10/h3-9H2,1-2H3. The first-order valence-corrected chi connectivity index (χ1v) is 6.86. The van der Waals surface area contributed by atoms with Crippen LogP contribution in [0.15, 0.2) is 0 Å². The zero-order valence-corrected chi connectivity index (χ0v) is 9.99. The van der Waals surface area contributed by atoms with Crippen molar-refractivity contribution in [3.8, 4) is 0 Å². The summed E-state index contributed by atoms with van der Waals surface area (Å²) in [6.45, 7) is 3.51. The van der Waals surface area contributed by atoms with Gasteiger partial charge in [0.2, 0.25) is 0 Å². The molecule has 0 aliphatic carbocycles. The maximum Gasteiger partial charge on any atom is 0.501 e. The van der Waals surface area contributed by atoms with E-state index in [0.717, 1.165) is 25.6 Å². The van der Waals surface area contributed by atoms with E-state index in [9.17, 15) is 0 Å². The Morgan fingerprint density at radius 1 is 1.29 bits per heavy atom. The Balaban J connectivity index is 2.31. The summed E-state index contributed by atoms with van der Waals surface area (Å²) in [5, 5.41) is 0. The van der Waals surface area contributed by atoms with Crippen molar-refractivity contribution in [1.29, 1.82) is 0 Å². The van der Waals surface area contributed by atoms with Crippen LogP contribution in [0.2, 0.25) is 6.04 Å². The van der Waals surface area contributed by atoms with Crippen molar-refractivity contribution in [2.75, 3.05) is 40.6 Å². The van der Waals surface area contributed by atoms with Crippen LogP contribution in [0.4, 0.5) is 0 Å². The Morgan fingerprint density at radius 3 is 2.36 bits per heavy atom. The predicted octanol–water partition coefficient (Wildman–Crippen LogP) is -0.143. The van der Waals surface area contributed by atoms with Crippen LogP contribution in [-0.2, 0) is 13.3 Å². The van der Waals surface area contributed by atoms with Gasteiger partial charge in [0.25, 0.3) is 0 Å². The molecule has 1 aliphatic rings. The van der Waals surface area contributed by atoms with Gasteiger partial charge in [-0.25, -0.2) is 0 Å². The van der Waals surface area contributed by atoms with Crippen LogP contribution < -0.4 is 5.73 Å². The van der Waals surface area contributed by atoms with Crippen LogP contribution in [0.25, 0.3) is 0 Å². The minimum Gasteiger partial charge on any atom is -0.377 e. The van der Waals surface area contributed by atoms with E-state index in [4.69, 9.17) is 19.0 Å². The van der Waals surface area contributed by atoms with Crippen molar-refractivity contribution >= 4 is 8.80 Å². The van der Waals surface area contributed by atoms with Crippen LogP contribution in [0, 0.1) is 0 Å². The van der Waals surface area contributed by atoms with Crippen molar-refractivity contribution in [2.24, 2.45) is 5.73 Å². The second kappa shape index (κ2) is 5.79. The molecule has 6 heteroatoms. The Hall–Kier alpha value is 0.0169. The van der Waals surface area contributed by atoms with E-state index >= 15 is 0 Å². The average Bonchev–Trinajstić information content (AvgIpc) is 3.03. The van der Waals surface area contributed by atoms with Gasteiger partial charge < -0.3 is 19.0 Å². The molecule has 0 aromatic heterocycles. The smallest absolute Gasteiger partial charge is 0.377 e. The molecule has 1 heterocycles. The van der Waals surface area contributed by atoms with Gasteiger partial charge in [0, 0.05) is 33.4 Å². The van der Waals surface area contributed by atoms with Crippen molar-refractivity contribution in [3.05, 3.63) is 0 Å². The summed E-state index contributed by atoms with van der Waals surface area (Å²) >= 11 is 0. The molecule has 5 nitrogen and oxygen atoms in total. The Bertz CT molecular complexity index is 163. The lowest BCUT2D eigenvalue weighted by Gasteiger charge is -2.26. The Morgan fingerprint density at radius 2 is 1.93 bits per heavy atom. The van der Waals surface area contributed by atoms with Crippen LogP contribution in [0.1, 0.15) is 6.42 Å². The molecule has 0 amide bonds. The molecule has 0 unspecified atom stereocenters. The fourth-order valence-electron chi connectivity index (χ4n) is 1.19. The van der Waals surface area contributed by atoms with Gasteiger partial charge in [-0.1, -0.05) is 0 Å². The minimum absolute atomic E-state index is 0.623. The van der Waals surface area contributed by atoms with Crippen molar-refractivity contribution < 1.29 is 13.3 Å². The fourth-order valence-corrected chi connectivity index (χ4v) is 3.16. The second-order valence-corrected chi connectivity index (χ2v) is 6.35. The van der Waals surface area contributed by atoms with Crippen LogP contribution in [0.3, 0.4) is 0 Å². The van der Waals surface area contributed by atoms with E-state index < -0.39 is 8.80 Å². The SMILES string of the molecule is CO[Si](CCCN)(OC)OCN1CC1. The number of hydrogen-bond donors (Lipinski definition) is 1. The van der Waals surface area contributed by atoms with Gasteiger partial charge in [-0.3, -0.25) is 4.90 Å². The highest BCUT2D eigenvalue weighted by molar-refractivity contribution is 6.60. The summed E-state index contributed by atoms with van der Waals surface area (Å²) in [6.07, 6.45) is 0.883. The average molecular weight is 220 g/mol. The highest BCUT2D eigenvalue weighted by Crippen LogP contribution is 2.17. The van der Waals surface area contributed by atoms with Crippen LogP contribution in [0.5, 0.6) is 0 Å². The highest BCUT2D eigenvalue weighted by Gasteiger charge is 2.39. The molecule has 1 aliphatic heterocycles. The molecule has 0 radical (unpaired) electrons. The molecular formula is C8H20N2O3Si. The molecule has 1 fully saturated rings. The maximum atomic E-state index is 5.72. The van der Waals surface area contributed by atoms with Gasteiger partial charge in [-0.2, -0.15) is 0 Å². The summed E-state index contributed by atoms with van der Waals surface area (Å²) in [7, 11) is 0.886. The number of nitrogens with zero attached hydrogens (tertiary/aromatic N) is 1. The lowest BCUT2D eigenvalue weighted by Crippen LogP contribution is -2.45. The minimum atomic E-state index is -2.41. The first-order valence-electron chi connectivity index (χ1n) is 4.93. The molecule has 0 aromatic carbocycles. The van der Waals surface area contributed by atoms with Gasteiger partial charge in [0.15, 0.2) is 0 Å². The third-order valence-electron chi connectivity index (χ3n) is 2.32. The molecule has 14 heavy (non-hydrogen) atoms. The van der Waals surface area contributed by atoms with Crippen LogP contribution in [-0.4, -0.2) is 54.3 Å². The second-order valence-electron chi connectivity index (χ2n) is 3.37. The third kappa shape index (κ3) is 3.64. The summed E-state index contributed by atoms with van der Waals surface area (Å²) in [5.74, 6) is 0. The van der Waals surface area contributed by atoms with Crippen molar-refractivity contribution in [1.82, 2.24) is 4.90 Å². The van der Waals surface area contributed by atoms with E-state index in [1.807, 2.05) is 0 Å². The number of hydrogen-bond acceptors (Lipinski definition) is 5. The van der Waals surface area contributed by atoms with Gasteiger partial charge in [0.05, 0.1) is 6.73 Å². The largest absolute Gasteiger partial charge is 0.501 e. The monoisotopic (exact) mass is 220 g/mol. The molecule has 0 saturated carbocycles. The topological polar surface area (TPSA) is 56.7 Å². The lowest BCUT2D eigenvalue weighted by atomic mass is 10.5. The zero-order chi connectivity index (χ0) is 10.4. The number of nitrogens with two attached hydrogens (primary N) is 1. The molecule has 0 spiro atoms. The van der Waals surface area contributed by atoms with Gasteiger partial charge in [-0.05, 0) is 13.0 Å². The van der Waals surface area contributed by atoms with E-state index in [1.54, 1.807) is 14.2 Å². The first-order chi connectivity index (χ1) is 6.76. The molecule has 2 N–H and O–H groups in total. The molecular weight excluding hydrogens is 200 g/mol. The Labute approximate surface area is 86.5 Å². The van der Waals surface area contributed by atoms with E-state index in [1.165, 1.54) is 0 Å². The molecule has 1 rings (SSSR count). The predicted molar refractivity (Wildman–Crippen MR) is 55.8 cm³/mol. The van der Waals surface area contributed by atoms with Gasteiger partial charge >= 0.3 is 8.80 Å². The van der Waals surface area contributed by atoms with Crippen molar-refractivity contribution in [3.63, 3.8) is 0 Å². The summed E-state index contributed by atoms with van der Waals surface area (Å²) in [6, 6.07) is 0.796. The van der Waals surface area contributed by atoms with Crippen LogP contribution >= 0.6 is 0 Å². The van der Waals surface area contributed by atoms with E-state index in [2.05, 4.69) is 4.90 Å². The van der Waals surface area contributed by atoms with E-state index in [-0.39, 0.29) is 0 Å². The summed E-state index contributed by atoms with van der Waals surface area (Å²) in [5.41, 5.74) is 5.46. The van der Waals surface area contributed by atoms with Gasteiger partial charge in [0.1, 0.15) is 0 Å². The molecule has 0 bridgehead atoms. The normalized spacial score (nSPS) is 17.4. The molecule has 0 atom stereocenters. The highest BCUT2D eigenvalue weighted by atomic mass is 28.4. The summed E-state index contributed by atoms with van der Waals surface area (Å²) in [4.78, 5) is 2.18. The lowest BCUT2D eigenvalue weighted by molar-refractivity contribution is 0.0722. The maximum absolute atomic E-state index is 5.72. The Kier molecular flexibility index (Phi) is 5.00. The molecule has 0 aromatic rings. The molecule has 1 saturated heterocycles. The summed E-state index contributed by atoms with van der Waals surface area (Å²) < 4.78 is 16.5.